The van der Waals surface area contributed by atoms with Crippen molar-refractivity contribution in [2.45, 2.75) is 31.7 Å². The Morgan fingerprint density at radius 1 is 1.44 bits per heavy atom. The lowest BCUT2D eigenvalue weighted by Crippen LogP contribution is -2.38. The minimum absolute atomic E-state index is 0.165. The molecule has 1 aromatic rings. The van der Waals surface area contributed by atoms with E-state index in [0.29, 0.717) is 12.4 Å². The van der Waals surface area contributed by atoms with Crippen molar-refractivity contribution in [2.75, 3.05) is 12.4 Å². The molecule has 0 aliphatic heterocycles. The maximum atomic E-state index is 12.1. The Balaban J connectivity index is 2.83. The topological polar surface area (TPSA) is 64.0 Å². The molecule has 0 aliphatic rings. The van der Waals surface area contributed by atoms with E-state index in [1.54, 1.807) is 7.05 Å². The van der Waals surface area contributed by atoms with E-state index >= 15 is 0 Å². The summed E-state index contributed by atoms with van der Waals surface area (Å²) in [5, 5.41) is 4.02. The maximum Gasteiger partial charge on any atom is 0.257 e. The Morgan fingerprint density at radius 2 is 2.06 bits per heavy atom. The average Bonchev–Trinajstić information content (AvgIpc) is 2.79. The van der Waals surface area contributed by atoms with Gasteiger partial charge in [0.15, 0.2) is 5.03 Å². The van der Waals surface area contributed by atoms with Crippen LogP contribution < -0.4 is 4.72 Å². The van der Waals surface area contributed by atoms with Gasteiger partial charge in [0.2, 0.25) is 0 Å². The number of hydrogen-bond donors (Lipinski definition) is 1. The van der Waals surface area contributed by atoms with Gasteiger partial charge in [-0.1, -0.05) is 13.8 Å². The van der Waals surface area contributed by atoms with Crippen molar-refractivity contribution in [3.63, 3.8) is 0 Å². The van der Waals surface area contributed by atoms with E-state index in [2.05, 4.69) is 9.82 Å². The second-order valence-electron chi connectivity index (χ2n) is 4.46. The summed E-state index contributed by atoms with van der Waals surface area (Å²) in [5.74, 6) is 0.438. The van der Waals surface area contributed by atoms with E-state index in [1.165, 1.54) is 16.9 Å². The minimum Gasteiger partial charge on any atom is -0.256 e. The quantitative estimate of drug-likeness (QED) is 0.779. The lowest BCUT2D eigenvalue weighted by Gasteiger charge is -2.29. The number of hydrogen-bond acceptors (Lipinski definition) is 3. The van der Waals surface area contributed by atoms with E-state index in [-0.39, 0.29) is 10.4 Å². The van der Waals surface area contributed by atoms with Gasteiger partial charge in [0.25, 0.3) is 10.0 Å². The molecule has 104 valence electrons. The van der Waals surface area contributed by atoms with Gasteiger partial charge >= 0.3 is 0 Å². The largest absolute Gasteiger partial charge is 0.257 e. The molecule has 1 N–H and O–H groups in total. The van der Waals surface area contributed by atoms with Crippen LogP contribution >= 0.6 is 11.6 Å². The van der Waals surface area contributed by atoms with Crippen LogP contribution in [0.5, 0.6) is 0 Å². The summed E-state index contributed by atoms with van der Waals surface area (Å²) in [6.45, 7) is 4.38. The highest BCUT2D eigenvalue weighted by Gasteiger charge is 2.28. The zero-order valence-corrected chi connectivity index (χ0v) is 12.6. The van der Waals surface area contributed by atoms with Crippen molar-refractivity contribution in [3.05, 3.63) is 12.3 Å². The molecule has 1 aromatic heterocycles. The first-order valence-corrected chi connectivity index (χ1v) is 7.96. The molecular formula is C11H20ClN3O2S. The number of aromatic nitrogens is 2. The highest BCUT2D eigenvalue weighted by atomic mass is 35.5. The zero-order valence-electron chi connectivity index (χ0n) is 11.0. The van der Waals surface area contributed by atoms with Crippen LogP contribution in [0.3, 0.4) is 0 Å². The molecule has 1 heterocycles. The number of aryl methyl sites for hydroxylation is 1. The normalized spacial score (nSPS) is 12.9. The van der Waals surface area contributed by atoms with Crippen molar-refractivity contribution in [1.82, 2.24) is 14.5 Å². The number of nitrogens with zero attached hydrogens (tertiary/aromatic N) is 2. The molecule has 0 saturated heterocycles. The summed E-state index contributed by atoms with van der Waals surface area (Å²) >= 11 is 5.96. The molecule has 0 aliphatic carbocycles. The molecule has 0 amide bonds. The second kappa shape index (κ2) is 6.04. The average molecular weight is 294 g/mol. The van der Waals surface area contributed by atoms with Crippen molar-refractivity contribution in [3.8, 4) is 0 Å². The van der Waals surface area contributed by atoms with Gasteiger partial charge in [-0.3, -0.25) is 4.68 Å². The summed E-state index contributed by atoms with van der Waals surface area (Å²) in [6, 6.07) is 1.47. The third-order valence-electron chi connectivity index (χ3n) is 3.47. The van der Waals surface area contributed by atoms with Gasteiger partial charge in [-0.05, 0) is 24.3 Å². The molecule has 7 heteroatoms. The molecule has 0 fully saturated rings. The Bertz CT molecular complexity index is 472. The van der Waals surface area contributed by atoms with E-state index in [9.17, 15) is 8.42 Å². The zero-order chi connectivity index (χ0) is 13.8. The third-order valence-corrected chi connectivity index (χ3v) is 5.51. The van der Waals surface area contributed by atoms with Gasteiger partial charge in [0.05, 0.1) is 6.20 Å². The summed E-state index contributed by atoms with van der Waals surface area (Å²) in [6.07, 6.45) is 3.13. The van der Waals surface area contributed by atoms with Crippen LogP contribution in [-0.2, 0) is 17.1 Å². The minimum atomic E-state index is -3.52. The molecule has 0 unspecified atom stereocenters. The van der Waals surface area contributed by atoms with Crippen LogP contribution in [0.15, 0.2) is 17.3 Å². The van der Waals surface area contributed by atoms with Gasteiger partial charge in [0.1, 0.15) is 0 Å². The molecule has 0 aromatic carbocycles. The maximum absolute atomic E-state index is 12.1. The molecule has 0 atom stereocenters. The molecular weight excluding hydrogens is 274 g/mol. The van der Waals surface area contributed by atoms with Crippen LogP contribution in [-0.4, -0.2) is 30.6 Å². The third kappa shape index (κ3) is 3.24. The Hall–Kier alpha value is -0.590. The number of nitrogens with one attached hydrogen (secondary N) is 1. The Morgan fingerprint density at radius 3 is 2.44 bits per heavy atom. The molecule has 0 saturated carbocycles. The van der Waals surface area contributed by atoms with Gasteiger partial charge in [0, 0.05) is 19.5 Å². The van der Waals surface area contributed by atoms with Crippen LogP contribution in [0.25, 0.3) is 0 Å². The SMILES string of the molecule is CCC(CC)(CCl)CNS(=O)(=O)c1ccnn1C. The van der Waals surface area contributed by atoms with Gasteiger partial charge in [-0.15, -0.1) is 11.6 Å². The van der Waals surface area contributed by atoms with Crippen LogP contribution in [0.2, 0.25) is 0 Å². The predicted octanol–water partition coefficient (Wildman–Crippen LogP) is 1.74. The van der Waals surface area contributed by atoms with E-state index < -0.39 is 10.0 Å². The Labute approximate surface area is 114 Å². The fraction of sp³-hybridized carbons (Fsp3) is 0.727. The van der Waals surface area contributed by atoms with Crippen molar-refractivity contribution in [2.24, 2.45) is 12.5 Å². The van der Waals surface area contributed by atoms with Crippen molar-refractivity contribution < 1.29 is 8.42 Å². The highest BCUT2D eigenvalue weighted by Crippen LogP contribution is 2.27. The van der Waals surface area contributed by atoms with E-state index in [4.69, 9.17) is 11.6 Å². The molecule has 1 rings (SSSR count). The molecule has 0 spiro atoms. The number of halogens is 1. The Kier molecular flexibility index (Phi) is 5.19. The molecule has 0 bridgehead atoms. The molecule has 5 nitrogen and oxygen atoms in total. The number of sulfonamides is 1. The van der Waals surface area contributed by atoms with E-state index in [1.807, 2.05) is 13.8 Å². The van der Waals surface area contributed by atoms with Gasteiger partial charge in [-0.2, -0.15) is 5.10 Å². The first kappa shape index (κ1) is 15.5. The van der Waals surface area contributed by atoms with Crippen LogP contribution in [0.4, 0.5) is 0 Å². The highest BCUT2D eigenvalue weighted by molar-refractivity contribution is 7.89. The van der Waals surface area contributed by atoms with Crippen molar-refractivity contribution >= 4 is 21.6 Å². The fourth-order valence-corrected chi connectivity index (χ4v) is 3.44. The lowest BCUT2D eigenvalue weighted by molar-refractivity contribution is 0.304. The smallest absolute Gasteiger partial charge is 0.256 e. The van der Waals surface area contributed by atoms with Gasteiger partial charge in [-0.25, -0.2) is 13.1 Å². The predicted molar refractivity (Wildman–Crippen MR) is 72.1 cm³/mol. The monoisotopic (exact) mass is 293 g/mol. The summed E-state index contributed by atoms with van der Waals surface area (Å²) < 4.78 is 28.1. The van der Waals surface area contributed by atoms with Crippen molar-refractivity contribution in [1.29, 1.82) is 0 Å². The summed E-state index contributed by atoms with van der Waals surface area (Å²) in [4.78, 5) is 0. The van der Waals surface area contributed by atoms with Gasteiger partial charge < -0.3 is 0 Å². The van der Waals surface area contributed by atoms with Crippen LogP contribution in [0, 0.1) is 5.41 Å². The molecule has 18 heavy (non-hydrogen) atoms. The standard InChI is InChI=1S/C11H20ClN3O2S/c1-4-11(5-2,8-12)9-14-18(16,17)10-6-7-13-15(10)3/h6-7,14H,4-5,8-9H2,1-3H3. The fourth-order valence-electron chi connectivity index (χ4n) is 1.68. The van der Waals surface area contributed by atoms with Crippen LogP contribution in [0.1, 0.15) is 26.7 Å². The van der Waals surface area contributed by atoms with E-state index in [0.717, 1.165) is 12.8 Å². The molecule has 0 radical (unpaired) electrons. The first-order valence-electron chi connectivity index (χ1n) is 5.94. The second-order valence-corrected chi connectivity index (χ2v) is 6.44. The first-order chi connectivity index (χ1) is 8.40. The summed E-state index contributed by atoms with van der Waals surface area (Å²) in [7, 11) is -1.92. The number of rotatable bonds is 7. The lowest BCUT2D eigenvalue weighted by atomic mass is 9.85. The summed E-state index contributed by atoms with van der Waals surface area (Å²) in [5.41, 5.74) is -0.187. The number of alkyl halides is 1.